The molecular formula is C12H20ClN3O2. The Morgan fingerprint density at radius 3 is 2.50 bits per heavy atom. The van der Waals surface area contributed by atoms with Gasteiger partial charge in [0.1, 0.15) is 5.02 Å². The molecule has 1 aromatic rings. The second kappa shape index (κ2) is 6.20. The molecule has 0 atom stereocenters. The molecule has 1 aromatic heterocycles. The van der Waals surface area contributed by atoms with Crippen LogP contribution in [-0.2, 0) is 6.54 Å². The fourth-order valence-corrected chi connectivity index (χ4v) is 1.95. The number of rotatable bonds is 6. The molecule has 0 saturated carbocycles. The van der Waals surface area contributed by atoms with Crippen molar-refractivity contribution in [3.05, 3.63) is 21.6 Å². The number of nitrogens with zero attached hydrogens (tertiary/aromatic N) is 2. The quantitative estimate of drug-likeness (QED) is 0.830. The summed E-state index contributed by atoms with van der Waals surface area (Å²) >= 11 is 6.04. The third-order valence-corrected chi connectivity index (χ3v) is 3.71. The van der Waals surface area contributed by atoms with Gasteiger partial charge in [0.2, 0.25) is 0 Å². The summed E-state index contributed by atoms with van der Waals surface area (Å²) in [6.45, 7) is 6.23. The van der Waals surface area contributed by atoms with E-state index in [4.69, 9.17) is 11.6 Å². The van der Waals surface area contributed by atoms with Crippen LogP contribution in [0.15, 0.2) is 11.0 Å². The zero-order valence-corrected chi connectivity index (χ0v) is 11.8. The predicted molar refractivity (Wildman–Crippen MR) is 73.2 cm³/mol. The summed E-state index contributed by atoms with van der Waals surface area (Å²) in [5, 5.41) is 16.8. The van der Waals surface area contributed by atoms with Crippen molar-refractivity contribution in [3.8, 4) is 0 Å². The van der Waals surface area contributed by atoms with E-state index in [9.17, 15) is 9.90 Å². The lowest BCUT2D eigenvalue weighted by atomic mass is 9.93. The Morgan fingerprint density at radius 1 is 1.44 bits per heavy atom. The molecule has 0 aromatic carbocycles. The van der Waals surface area contributed by atoms with E-state index in [2.05, 4.69) is 10.4 Å². The molecule has 6 heteroatoms. The SMILES string of the molecule is CCn1ncc(NC(CC)(CC)CO)c(Cl)c1=O. The molecule has 0 saturated heterocycles. The number of hydrogen-bond donors (Lipinski definition) is 2. The highest BCUT2D eigenvalue weighted by Crippen LogP contribution is 2.24. The van der Waals surface area contributed by atoms with Gasteiger partial charge in [-0.15, -0.1) is 0 Å². The van der Waals surface area contributed by atoms with Crippen LogP contribution in [0, 0.1) is 0 Å². The number of hydrogen-bond acceptors (Lipinski definition) is 4. The van der Waals surface area contributed by atoms with Crippen LogP contribution >= 0.6 is 11.6 Å². The molecule has 18 heavy (non-hydrogen) atoms. The van der Waals surface area contributed by atoms with Gasteiger partial charge in [-0.05, 0) is 19.8 Å². The van der Waals surface area contributed by atoms with Gasteiger partial charge in [-0.1, -0.05) is 25.4 Å². The number of halogens is 1. The van der Waals surface area contributed by atoms with Gasteiger partial charge in [0, 0.05) is 6.54 Å². The summed E-state index contributed by atoms with van der Waals surface area (Å²) in [6, 6.07) is 0. The van der Waals surface area contributed by atoms with Gasteiger partial charge in [0.05, 0.1) is 24.0 Å². The van der Waals surface area contributed by atoms with Crippen LogP contribution in [-0.4, -0.2) is 27.0 Å². The zero-order valence-electron chi connectivity index (χ0n) is 11.0. The molecule has 1 rings (SSSR count). The van der Waals surface area contributed by atoms with Crippen molar-refractivity contribution in [3.63, 3.8) is 0 Å². The number of aromatic nitrogens is 2. The summed E-state index contributed by atoms with van der Waals surface area (Å²) in [7, 11) is 0. The maximum atomic E-state index is 11.8. The largest absolute Gasteiger partial charge is 0.394 e. The molecule has 0 amide bonds. The van der Waals surface area contributed by atoms with Crippen molar-refractivity contribution in [2.45, 2.75) is 45.7 Å². The van der Waals surface area contributed by atoms with Gasteiger partial charge < -0.3 is 10.4 Å². The predicted octanol–water partition coefficient (Wildman–Crippen LogP) is 1.88. The molecule has 0 bridgehead atoms. The van der Waals surface area contributed by atoms with Crippen molar-refractivity contribution in [1.29, 1.82) is 0 Å². The van der Waals surface area contributed by atoms with Gasteiger partial charge in [0.25, 0.3) is 5.56 Å². The average molecular weight is 274 g/mol. The number of nitrogens with one attached hydrogen (secondary N) is 1. The highest BCUT2D eigenvalue weighted by molar-refractivity contribution is 6.32. The molecule has 0 aliphatic heterocycles. The topological polar surface area (TPSA) is 67.2 Å². The second-order valence-electron chi connectivity index (χ2n) is 4.26. The standard InChI is InChI=1S/C12H20ClN3O2/c1-4-12(5-2,8-17)15-9-7-14-16(6-3)11(18)10(9)13/h7,15,17H,4-6,8H2,1-3H3. The molecular weight excluding hydrogens is 254 g/mol. The number of anilines is 1. The molecule has 0 radical (unpaired) electrons. The molecule has 2 N–H and O–H groups in total. The lowest BCUT2D eigenvalue weighted by Crippen LogP contribution is -2.41. The summed E-state index contributed by atoms with van der Waals surface area (Å²) in [5.74, 6) is 0. The lowest BCUT2D eigenvalue weighted by molar-refractivity contribution is 0.202. The summed E-state index contributed by atoms with van der Waals surface area (Å²) in [6.07, 6.45) is 2.99. The average Bonchev–Trinajstić information content (AvgIpc) is 2.41. The lowest BCUT2D eigenvalue weighted by Gasteiger charge is -2.32. The van der Waals surface area contributed by atoms with E-state index in [0.29, 0.717) is 12.2 Å². The first-order valence-corrected chi connectivity index (χ1v) is 6.56. The summed E-state index contributed by atoms with van der Waals surface area (Å²) < 4.78 is 1.30. The van der Waals surface area contributed by atoms with E-state index in [1.54, 1.807) is 0 Å². The fourth-order valence-electron chi connectivity index (χ4n) is 1.75. The molecule has 5 nitrogen and oxygen atoms in total. The number of aliphatic hydroxyl groups excluding tert-OH is 1. The van der Waals surface area contributed by atoms with Crippen LogP contribution < -0.4 is 10.9 Å². The Bertz CT molecular complexity index is 447. The number of aryl methyl sites for hydroxylation is 1. The first-order valence-electron chi connectivity index (χ1n) is 6.18. The van der Waals surface area contributed by atoms with Crippen molar-refractivity contribution in [1.82, 2.24) is 9.78 Å². The van der Waals surface area contributed by atoms with E-state index in [-0.39, 0.29) is 17.2 Å². The monoisotopic (exact) mass is 273 g/mol. The van der Waals surface area contributed by atoms with Crippen LogP contribution in [0.3, 0.4) is 0 Å². The van der Waals surface area contributed by atoms with E-state index >= 15 is 0 Å². The molecule has 0 aliphatic rings. The van der Waals surface area contributed by atoms with E-state index < -0.39 is 5.54 Å². The molecule has 102 valence electrons. The Hall–Kier alpha value is -1.07. The maximum Gasteiger partial charge on any atom is 0.287 e. The summed E-state index contributed by atoms with van der Waals surface area (Å²) in [4.78, 5) is 11.8. The normalized spacial score (nSPS) is 11.6. The highest BCUT2D eigenvalue weighted by atomic mass is 35.5. The van der Waals surface area contributed by atoms with Crippen molar-refractivity contribution in [2.24, 2.45) is 0 Å². The molecule has 0 fully saturated rings. The smallest absolute Gasteiger partial charge is 0.287 e. The minimum atomic E-state index is -0.462. The van der Waals surface area contributed by atoms with E-state index in [0.717, 1.165) is 12.8 Å². The number of aliphatic hydroxyl groups is 1. The van der Waals surface area contributed by atoms with Crippen LogP contribution in [0.5, 0.6) is 0 Å². The Labute approximate surface area is 112 Å². The fraction of sp³-hybridized carbons (Fsp3) is 0.667. The van der Waals surface area contributed by atoms with Gasteiger partial charge >= 0.3 is 0 Å². The van der Waals surface area contributed by atoms with Crippen molar-refractivity contribution >= 4 is 17.3 Å². The first kappa shape index (κ1) is 15.0. The van der Waals surface area contributed by atoms with Crippen LogP contribution in [0.4, 0.5) is 5.69 Å². The van der Waals surface area contributed by atoms with E-state index in [1.807, 2.05) is 20.8 Å². The van der Waals surface area contributed by atoms with Crippen LogP contribution in [0.2, 0.25) is 5.02 Å². The van der Waals surface area contributed by atoms with Gasteiger partial charge in [-0.2, -0.15) is 5.10 Å². The molecule has 0 unspecified atom stereocenters. The van der Waals surface area contributed by atoms with Gasteiger partial charge in [0.15, 0.2) is 0 Å². The zero-order chi connectivity index (χ0) is 13.8. The summed E-state index contributed by atoms with van der Waals surface area (Å²) in [5.41, 5.74) is -0.303. The molecule has 0 aliphatic carbocycles. The van der Waals surface area contributed by atoms with Gasteiger partial charge in [-0.25, -0.2) is 4.68 Å². The minimum Gasteiger partial charge on any atom is -0.394 e. The van der Waals surface area contributed by atoms with Crippen LogP contribution in [0.25, 0.3) is 0 Å². The Morgan fingerprint density at radius 2 is 2.06 bits per heavy atom. The maximum absolute atomic E-state index is 11.8. The third-order valence-electron chi connectivity index (χ3n) is 3.34. The van der Waals surface area contributed by atoms with Crippen molar-refractivity contribution < 1.29 is 5.11 Å². The molecule has 1 heterocycles. The third kappa shape index (κ3) is 2.84. The Balaban J connectivity index is 3.12. The molecule has 0 spiro atoms. The van der Waals surface area contributed by atoms with Crippen LogP contribution in [0.1, 0.15) is 33.6 Å². The van der Waals surface area contributed by atoms with Gasteiger partial charge in [-0.3, -0.25) is 4.79 Å². The second-order valence-corrected chi connectivity index (χ2v) is 4.64. The van der Waals surface area contributed by atoms with E-state index in [1.165, 1.54) is 10.9 Å². The Kier molecular flexibility index (Phi) is 5.16. The highest BCUT2D eigenvalue weighted by Gasteiger charge is 2.26. The van der Waals surface area contributed by atoms with Crippen molar-refractivity contribution in [2.75, 3.05) is 11.9 Å². The minimum absolute atomic E-state index is 0.0206. The first-order chi connectivity index (χ1) is 8.53.